The Morgan fingerprint density at radius 2 is 1.65 bits per heavy atom. The molecule has 0 unspecified atom stereocenters. The van der Waals surface area contributed by atoms with E-state index < -0.39 is 23.2 Å². The molecule has 0 aromatic heterocycles. The van der Waals surface area contributed by atoms with Crippen LogP contribution in [0.1, 0.15) is 13.8 Å². The molecule has 0 bridgehead atoms. The van der Waals surface area contributed by atoms with Crippen molar-refractivity contribution >= 4 is 23.6 Å². The predicted molar refractivity (Wildman–Crippen MR) is 84.9 cm³/mol. The van der Waals surface area contributed by atoms with E-state index in [0.717, 1.165) is 0 Å². The highest BCUT2D eigenvalue weighted by atomic mass is 16.4. The maximum absolute atomic E-state index is 12.0. The lowest BCUT2D eigenvalue weighted by Gasteiger charge is -2.09. The number of aliphatic carboxylic acids is 1. The Balaban J connectivity index is 1.67. The van der Waals surface area contributed by atoms with E-state index in [2.05, 4.69) is 16.0 Å². The van der Waals surface area contributed by atoms with Crippen molar-refractivity contribution in [3.63, 3.8) is 0 Å². The smallest absolute Gasteiger partial charge is 0.319 e. The molecule has 0 aliphatic heterocycles. The third-order valence-electron chi connectivity index (χ3n) is 4.12. The van der Waals surface area contributed by atoms with Crippen molar-refractivity contribution in [3.05, 3.63) is 30.3 Å². The molecule has 1 aliphatic rings. The van der Waals surface area contributed by atoms with Crippen molar-refractivity contribution in [1.82, 2.24) is 10.6 Å². The number of hydrogen-bond acceptors (Lipinski definition) is 3. The fourth-order valence-corrected chi connectivity index (χ4v) is 2.76. The lowest BCUT2D eigenvalue weighted by molar-refractivity contribution is -0.140. The minimum Gasteiger partial charge on any atom is -0.481 e. The molecule has 7 heteroatoms. The van der Waals surface area contributed by atoms with E-state index in [1.54, 1.807) is 26.0 Å². The lowest BCUT2D eigenvalue weighted by atomic mass is 10.1. The average Bonchev–Trinajstić information content (AvgIpc) is 3.07. The van der Waals surface area contributed by atoms with E-state index in [1.807, 2.05) is 18.2 Å². The normalized spacial score (nSPS) is 21.1. The fourth-order valence-electron chi connectivity index (χ4n) is 2.76. The molecule has 1 saturated carbocycles. The quantitative estimate of drug-likeness (QED) is 0.592. The van der Waals surface area contributed by atoms with Crippen molar-refractivity contribution in [2.45, 2.75) is 13.8 Å². The molecule has 3 amide bonds. The van der Waals surface area contributed by atoms with Gasteiger partial charge in [0, 0.05) is 18.8 Å². The number of carbonyl (C=O) groups is 3. The second kappa shape index (κ2) is 6.68. The monoisotopic (exact) mass is 319 g/mol. The first-order valence-electron chi connectivity index (χ1n) is 7.44. The van der Waals surface area contributed by atoms with Crippen LogP contribution < -0.4 is 16.0 Å². The summed E-state index contributed by atoms with van der Waals surface area (Å²) in [7, 11) is 0. The minimum absolute atomic E-state index is 0.250. The van der Waals surface area contributed by atoms with E-state index in [-0.39, 0.29) is 25.0 Å². The van der Waals surface area contributed by atoms with Gasteiger partial charge in [-0.2, -0.15) is 0 Å². The van der Waals surface area contributed by atoms with Gasteiger partial charge in [-0.1, -0.05) is 32.0 Å². The van der Waals surface area contributed by atoms with Gasteiger partial charge < -0.3 is 21.1 Å². The predicted octanol–water partition coefficient (Wildman–Crippen LogP) is 1.28. The number of urea groups is 1. The lowest BCUT2D eigenvalue weighted by Crippen LogP contribution is -2.37. The maximum Gasteiger partial charge on any atom is 0.319 e. The summed E-state index contributed by atoms with van der Waals surface area (Å²) < 4.78 is 0. The second-order valence-corrected chi connectivity index (χ2v) is 6.15. The molecule has 1 aromatic rings. The molecule has 2 atom stereocenters. The van der Waals surface area contributed by atoms with Gasteiger partial charge in [0.25, 0.3) is 0 Å². The van der Waals surface area contributed by atoms with Crippen LogP contribution in [0.15, 0.2) is 30.3 Å². The van der Waals surface area contributed by atoms with Crippen LogP contribution in [0.5, 0.6) is 0 Å². The van der Waals surface area contributed by atoms with Gasteiger partial charge in [0.05, 0.1) is 11.8 Å². The molecular formula is C16H21N3O4. The van der Waals surface area contributed by atoms with Crippen molar-refractivity contribution < 1.29 is 19.5 Å². The summed E-state index contributed by atoms with van der Waals surface area (Å²) in [5.74, 6) is -2.39. The van der Waals surface area contributed by atoms with Gasteiger partial charge in [-0.05, 0) is 17.5 Å². The van der Waals surface area contributed by atoms with Crippen LogP contribution in [0.4, 0.5) is 10.5 Å². The van der Waals surface area contributed by atoms with Crippen LogP contribution in [0.25, 0.3) is 0 Å². The summed E-state index contributed by atoms with van der Waals surface area (Å²) in [6, 6.07) is 8.65. The highest BCUT2D eigenvalue weighted by molar-refractivity contribution is 5.92. The molecule has 7 nitrogen and oxygen atoms in total. The van der Waals surface area contributed by atoms with E-state index in [9.17, 15) is 14.4 Å². The highest BCUT2D eigenvalue weighted by Gasteiger charge is 2.65. The summed E-state index contributed by atoms with van der Waals surface area (Å²) in [5, 5.41) is 17.0. The first-order valence-corrected chi connectivity index (χ1v) is 7.44. The number of nitrogens with one attached hydrogen (secondary N) is 3. The van der Waals surface area contributed by atoms with Crippen LogP contribution in [0, 0.1) is 17.3 Å². The first kappa shape index (κ1) is 16.8. The van der Waals surface area contributed by atoms with Gasteiger partial charge in [-0.25, -0.2) is 4.79 Å². The van der Waals surface area contributed by atoms with Gasteiger partial charge in [0.15, 0.2) is 0 Å². The van der Waals surface area contributed by atoms with Crippen molar-refractivity contribution in [2.24, 2.45) is 17.3 Å². The number of carbonyl (C=O) groups excluding carboxylic acids is 2. The standard InChI is InChI=1S/C16H21N3O4/c1-16(2)11(12(16)14(21)22)13(20)17-8-9-18-15(23)19-10-6-4-3-5-7-10/h3-7,11-12H,8-9H2,1-2H3,(H,17,20)(H,21,22)(H2,18,19,23)/t11-,12+/m1/s1. The largest absolute Gasteiger partial charge is 0.481 e. The third kappa shape index (κ3) is 4.00. The van der Waals surface area contributed by atoms with E-state index in [4.69, 9.17) is 5.11 Å². The maximum atomic E-state index is 12.0. The van der Waals surface area contributed by atoms with Crippen LogP contribution in [0.2, 0.25) is 0 Å². The molecule has 0 saturated heterocycles. The van der Waals surface area contributed by atoms with Crippen molar-refractivity contribution in [1.29, 1.82) is 0 Å². The number of para-hydroxylation sites is 1. The molecule has 4 N–H and O–H groups in total. The summed E-state index contributed by atoms with van der Waals surface area (Å²) in [6.07, 6.45) is 0. The van der Waals surface area contributed by atoms with Gasteiger partial charge in [-0.15, -0.1) is 0 Å². The second-order valence-electron chi connectivity index (χ2n) is 6.15. The number of anilines is 1. The summed E-state index contributed by atoms with van der Waals surface area (Å²) in [4.78, 5) is 34.6. The highest BCUT2D eigenvalue weighted by Crippen LogP contribution is 2.58. The topological polar surface area (TPSA) is 108 Å². The molecule has 2 rings (SSSR count). The zero-order valence-corrected chi connectivity index (χ0v) is 13.1. The van der Waals surface area contributed by atoms with Crippen LogP contribution in [-0.2, 0) is 9.59 Å². The van der Waals surface area contributed by atoms with Gasteiger partial charge in [0.1, 0.15) is 0 Å². The minimum atomic E-state index is -0.949. The molecular weight excluding hydrogens is 298 g/mol. The number of benzene rings is 1. The zero-order valence-electron chi connectivity index (χ0n) is 13.1. The SMILES string of the molecule is CC1(C)[C@H](C(=O)O)[C@@H]1C(=O)NCCNC(=O)Nc1ccccc1. The molecule has 1 aliphatic carbocycles. The van der Waals surface area contributed by atoms with E-state index in [1.165, 1.54) is 0 Å². The van der Waals surface area contributed by atoms with Gasteiger partial charge in [0.2, 0.25) is 5.91 Å². The molecule has 1 fully saturated rings. The molecule has 124 valence electrons. The van der Waals surface area contributed by atoms with Crippen LogP contribution >= 0.6 is 0 Å². The average molecular weight is 319 g/mol. The number of carboxylic acids is 1. The Morgan fingerprint density at radius 3 is 2.22 bits per heavy atom. The first-order chi connectivity index (χ1) is 10.8. The Morgan fingerprint density at radius 1 is 1.04 bits per heavy atom. The Kier molecular flexibility index (Phi) is 4.88. The zero-order chi connectivity index (χ0) is 17.0. The number of hydrogen-bond donors (Lipinski definition) is 4. The molecule has 1 aromatic carbocycles. The third-order valence-corrected chi connectivity index (χ3v) is 4.12. The Hall–Kier alpha value is -2.57. The molecule has 0 heterocycles. The van der Waals surface area contributed by atoms with E-state index in [0.29, 0.717) is 5.69 Å². The van der Waals surface area contributed by atoms with Crippen LogP contribution in [-0.4, -0.2) is 36.1 Å². The Bertz CT molecular complexity index is 601. The van der Waals surface area contributed by atoms with Crippen LogP contribution in [0.3, 0.4) is 0 Å². The number of carboxylic acid groups (broad SMARTS) is 1. The van der Waals surface area contributed by atoms with Crippen molar-refractivity contribution in [2.75, 3.05) is 18.4 Å². The summed E-state index contributed by atoms with van der Waals surface area (Å²) in [6.45, 7) is 4.04. The molecule has 0 radical (unpaired) electrons. The van der Waals surface area contributed by atoms with Gasteiger partial charge in [-0.3, -0.25) is 9.59 Å². The Labute approximate surface area is 134 Å². The molecule has 23 heavy (non-hydrogen) atoms. The molecule has 0 spiro atoms. The fraction of sp³-hybridized carbons (Fsp3) is 0.438. The van der Waals surface area contributed by atoms with Gasteiger partial charge >= 0.3 is 12.0 Å². The number of amides is 3. The summed E-state index contributed by atoms with van der Waals surface area (Å²) >= 11 is 0. The summed E-state index contributed by atoms with van der Waals surface area (Å²) in [5.41, 5.74) is 0.159. The van der Waals surface area contributed by atoms with Crippen molar-refractivity contribution in [3.8, 4) is 0 Å². The number of rotatable bonds is 6. The van der Waals surface area contributed by atoms with E-state index >= 15 is 0 Å².